The highest BCUT2D eigenvalue weighted by atomic mass is 79.9. The molecule has 0 aliphatic heterocycles. The van der Waals surface area contributed by atoms with Crippen LogP contribution in [0.5, 0.6) is 0 Å². The summed E-state index contributed by atoms with van der Waals surface area (Å²) >= 11 is 3.45. The van der Waals surface area contributed by atoms with Gasteiger partial charge in [-0.05, 0) is 25.7 Å². The molecule has 0 unspecified atom stereocenters. The van der Waals surface area contributed by atoms with Gasteiger partial charge < -0.3 is 10.6 Å². The Bertz CT molecular complexity index is 364. The average Bonchev–Trinajstić information content (AvgIpc) is 2.19. The lowest BCUT2D eigenvalue weighted by Gasteiger charge is -2.11. The number of halogens is 1. The number of nitrogens with zero attached hydrogens (tertiary/aromatic N) is 1. The normalized spacial score (nSPS) is 10.7. The Hall–Kier alpha value is -0.710. The summed E-state index contributed by atoms with van der Waals surface area (Å²) in [5, 5.41) is 0. The van der Waals surface area contributed by atoms with E-state index in [1.54, 1.807) is 0 Å². The molecule has 0 heterocycles. The van der Waals surface area contributed by atoms with Crippen LogP contribution in [0.2, 0.25) is 0 Å². The minimum Gasteiger partial charge on any atom is -0.324 e. The number of nitrogens with two attached hydrogens (primary N) is 1. The molecule has 1 aromatic carbocycles. The Morgan fingerprint density at radius 1 is 1.47 bits per heavy atom. The Morgan fingerprint density at radius 2 is 2.13 bits per heavy atom. The quantitative estimate of drug-likeness (QED) is 0.847. The number of hydrogen-bond donors (Lipinski definition) is 1. The van der Waals surface area contributed by atoms with Gasteiger partial charge in [0.15, 0.2) is 5.78 Å². The maximum absolute atomic E-state index is 11.3. The zero-order valence-corrected chi connectivity index (χ0v) is 10.5. The van der Waals surface area contributed by atoms with Crippen molar-refractivity contribution in [3.63, 3.8) is 0 Å². The van der Waals surface area contributed by atoms with E-state index < -0.39 is 0 Å². The monoisotopic (exact) mass is 270 g/mol. The molecule has 1 rings (SSSR count). The van der Waals surface area contributed by atoms with E-state index in [1.165, 1.54) is 0 Å². The van der Waals surface area contributed by atoms with Crippen LogP contribution in [-0.2, 0) is 6.54 Å². The van der Waals surface area contributed by atoms with Crippen molar-refractivity contribution in [1.29, 1.82) is 0 Å². The van der Waals surface area contributed by atoms with Crippen LogP contribution in [0.3, 0.4) is 0 Å². The molecule has 0 fully saturated rings. The molecular formula is C11H15BrN2O. The number of rotatable bonds is 4. The maximum Gasteiger partial charge on any atom is 0.176 e. The zero-order chi connectivity index (χ0) is 11.4. The minimum absolute atomic E-state index is 0.0351. The number of ketones is 1. The fraction of sp³-hybridized carbons (Fsp3) is 0.364. The Morgan fingerprint density at radius 3 is 2.60 bits per heavy atom. The Kier molecular flexibility index (Phi) is 4.45. The molecule has 0 spiro atoms. The third kappa shape index (κ3) is 3.41. The number of benzene rings is 1. The van der Waals surface area contributed by atoms with Gasteiger partial charge in [0, 0.05) is 16.6 Å². The van der Waals surface area contributed by atoms with Crippen LogP contribution in [0, 0.1) is 0 Å². The van der Waals surface area contributed by atoms with Crippen molar-refractivity contribution in [3.8, 4) is 0 Å². The van der Waals surface area contributed by atoms with Gasteiger partial charge in [-0.3, -0.25) is 4.79 Å². The first-order chi connectivity index (χ1) is 7.04. The van der Waals surface area contributed by atoms with Gasteiger partial charge in [-0.25, -0.2) is 0 Å². The smallest absolute Gasteiger partial charge is 0.176 e. The summed E-state index contributed by atoms with van der Waals surface area (Å²) in [5.74, 6) is -0.0351. The van der Waals surface area contributed by atoms with Gasteiger partial charge in [-0.15, -0.1) is 0 Å². The molecule has 0 amide bonds. The van der Waals surface area contributed by atoms with Crippen LogP contribution in [-0.4, -0.2) is 31.3 Å². The third-order valence-corrected chi connectivity index (χ3v) is 2.79. The van der Waals surface area contributed by atoms with Crippen LogP contribution in [0.15, 0.2) is 22.7 Å². The predicted octanol–water partition coefficient (Wildman–Crippen LogP) is 1.65. The molecule has 0 aromatic heterocycles. The van der Waals surface area contributed by atoms with Crippen molar-refractivity contribution in [3.05, 3.63) is 33.8 Å². The van der Waals surface area contributed by atoms with Gasteiger partial charge >= 0.3 is 0 Å². The summed E-state index contributed by atoms with van der Waals surface area (Å²) < 4.78 is 0.954. The number of carbonyl (C=O) groups is 1. The fourth-order valence-corrected chi connectivity index (χ4v) is 1.81. The van der Waals surface area contributed by atoms with Crippen LogP contribution in [0.25, 0.3) is 0 Å². The second kappa shape index (κ2) is 5.39. The standard InChI is InChI=1S/C11H15BrN2O/c1-14(2)7-9-4-3-8(5-10(9)12)11(15)6-13/h3-5H,6-7,13H2,1-2H3. The minimum atomic E-state index is -0.0351. The van der Waals surface area contributed by atoms with E-state index in [-0.39, 0.29) is 12.3 Å². The number of carbonyl (C=O) groups excluding carboxylic acids is 1. The van der Waals surface area contributed by atoms with Crippen molar-refractivity contribution in [1.82, 2.24) is 4.90 Å². The van der Waals surface area contributed by atoms with Crippen molar-refractivity contribution in [2.75, 3.05) is 20.6 Å². The summed E-state index contributed by atoms with van der Waals surface area (Å²) in [4.78, 5) is 13.4. The summed E-state index contributed by atoms with van der Waals surface area (Å²) in [6.07, 6.45) is 0. The molecule has 0 saturated heterocycles. The van der Waals surface area contributed by atoms with Crippen molar-refractivity contribution in [2.24, 2.45) is 5.73 Å². The van der Waals surface area contributed by atoms with E-state index in [1.807, 2.05) is 32.3 Å². The maximum atomic E-state index is 11.3. The number of Topliss-reactive ketones (excluding diaryl/α,β-unsaturated/α-hetero) is 1. The van der Waals surface area contributed by atoms with Crippen molar-refractivity contribution >= 4 is 21.7 Å². The van der Waals surface area contributed by atoms with Crippen LogP contribution >= 0.6 is 15.9 Å². The summed E-state index contributed by atoms with van der Waals surface area (Å²) in [7, 11) is 4.01. The SMILES string of the molecule is CN(C)Cc1ccc(C(=O)CN)cc1Br. The molecule has 15 heavy (non-hydrogen) atoms. The van der Waals surface area contributed by atoms with Gasteiger partial charge in [0.25, 0.3) is 0 Å². The zero-order valence-electron chi connectivity index (χ0n) is 8.96. The van der Waals surface area contributed by atoms with Crippen LogP contribution in [0.4, 0.5) is 0 Å². The summed E-state index contributed by atoms with van der Waals surface area (Å²) in [5.41, 5.74) is 7.12. The van der Waals surface area contributed by atoms with E-state index in [2.05, 4.69) is 20.8 Å². The van der Waals surface area contributed by atoms with Crippen molar-refractivity contribution in [2.45, 2.75) is 6.54 Å². The van der Waals surface area contributed by atoms with Crippen LogP contribution < -0.4 is 5.73 Å². The third-order valence-electron chi connectivity index (χ3n) is 2.05. The molecule has 3 nitrogen and oxygen atoms in total. The highest BCUT2D eigenvalue weighted by Gasteiger charge is 2.07. The fourth-order valence-electron chi connectivity index (χ4n) is 1.31. The topological polar surface area (TPSA) is 46.3 Å². The number of hydrogen-bond acceptors (Lipinski definition) is 3. The second-order valence-electron chi connectivity index (χ2n) is 3.67. The Balaban J connectivity index is 2.93. The van der Waals surface area contributed by atoms with Gasteiger partial charge in [0.1, 0.15) is 0 Å². The largest absolute Gasteiger partial charge is 0.324 e. The second-order valence-corrected chi connectivity index (χ2v) is 4.53. The molecule has 0 bridgehead atoms. The molecule has 82 valence electrons. The van der Waals surface area contributed by atoms with E-state index in [0.717, 1.165) is 16.6 Å². The van der Waals surface area contributed by atoms with Gasteiger partial charge in [-0.2, -0.15) is 0 Å². The lowest BCUT2D eigenvalue weighted by molar-refractivity contribution is 0.100. The first-order valence-electron chi connectivity index (χ1n) is 4.71. The first kappa shape index (κ1) is 12.4. The summed E-state index contributed by atoms with van der Waals surface area (Å²) in [6, 6.07) is 5.60. The Labute approximate surface area is 98.4 Å². The van der Waals surface area contributed by atoms with Gasteiger partial charge in [0.2, 0.25) is 0 Å². The predicted molar refractivity (Wildman–Crippen MR) is 64.9 cm³/mol. The molecule has 2 N–H and O–H groups in total. The molecule has 0 atom stereocenters. The summed E-state index contributed by atoms with van der Waals surface area (Å²) in [6.45, 7) is 0.900. The molecular weight excluding hydrogens is 256 g/mol. The molecule has 4 heteroatoms. The molecule has 0 aliphatic rings. The van der Waals surface area contributed by atoms with E-state index in [9.17, 15) is 4.79 Å². The van der Waals surface area contributed by atoms with Crippen molar-refractivity contribution < 1.29 is 4.79 Å². The first-order valence-corrected chi connectivity index (χ1v) is 5.50. The van der Waals surface area contributed by atoms with Crippen LogP contribution in [0.1, 0.15) is 15.9 Å². The average molecular weight is 271 g/mol. The van der Waals surface area contributed by atoms with Gasteiger partial charge in [0.05, 0.1) is 6.54 Å². The lowest BCUT2D eigenvalue weighted by Crippen LogP contribution is -2.14. The van der Waals surface area contributed by atoms with E-state index >= 15 is 0 Å². The van der Waals surface area contributed by atoms with E-state index in [0.29, 0.717) is 5.56 Å². The highest BCUT2D eigenvalue weighted by molar-refractivity contribution is 9.10. The highest BCUT2D eigenvalue weighted by Crippen LogP contribution is 2.19. The van der Waals surface area contributed by atoms with E-state index in [4.69, 9.17) is 5.73 Å². The lowest BCUT2D eigenvalue weighted by atomic mass is 10.1. The molecule has 0 radical (unpaired) electrons. The molecule has 0 aliphatic carbocycles. The molecule has 0 saturated carbocycles. The molecule has 1 aromatic rings. The van der Waals surface area contributed by atoms with Gasteiger partial charge in [-0.1, -0.05) is 28.1 Å².